The van der Waals surface area contributed by atoms with Crippen LogP contribution in [0.3, 0.4) is 0 Å². The van der Waals surface area contributed by atoms with E-state index in [-0.39, 0.29) is 0 Å². The molecule has 128 valence electrons. The molecule has 0 amide bonds. The van der Waals surface area contributed by atoms with Crippen LogP contribution in [0, 0.1) is 11.8 Å². The van der Waals surface area contributed by atoms with Crippen LogP contribution in [-0.2, 0) is 4.79 Å². The molecule has 2 nitrogen and oxygen atoms in total. The topological polar surface area (TPSA) is 37.3 Å². The highest BCUT2D eigenvalue weighted by molar-refractivity contribution is 7.99. The second kappa shape index (κ2) is 13.0. The van der Waals surface area contributed by atoms with Gasteiger partial charge in [-0.3, -0.25) is 0 Å². The molecular weight excluding hydrogens is 292 g/mol. The molecule has 1 aliphatic carbocycles. The van der Waals surface area contributed by atoms with E-state index >= 15 is 0 Å². The van der Waals surface area contributed by atoms with Gasteiger partial charge in [-0.25, -0.2) is 4.79 Å². The van der Waals surface area contributed by atoms with Crippen molar-refractivity contribution < 1.29 is 9.90 Å². The second-order valence-corrected chi connectivity index (χ2v) is 7.92. The summed E-state index contributed by atoms with van der Waals surface area (Å²) in [5, 5.41) is 8.54. The van der Waals surface area contributed by atoms with Gasteiger partial charge in [0.05, 0.1) is 0 Å². The highest BCUT2D eigenvalue weighted by Crippen LogP contribution is 2.38. The van der Waals surface area contributed by atoms with Crippen LogP contribution in [0.1, 0.15) is 77.6 Å². The van der Waals surface area contributed by atoms with Gasteiger partial charge < -0.3 is 5.11 Å². The lowest BCUT2D eigenvalue weighted by molar-refractivity contribution is -0.131. The van der Waals surface area contributed by atoms with Gasteiger partial charge in [0.25, 0.3) is 0 Å². The Morgan fingerprint density at radius 2 is 1.77 bits per heavy atom. The van der Waals surface area contributed by atoms with Crippen LogP contribution >= 0.6 is 11.8 Å². The van der Waals surface area contributed by atoms with E-state index in [0.29, 0.717) is 0 Å². The molecule has 2 atom stereocenters. The number of thioether (sulfide) groups is 1. The number of hydrogen-bond donors (Lipinski definition) is 1. The van der Waals surface area contributed by atoms with Crippen LogP contribution in [-0.4, -0.2) is 22.6 Å². The van der Waals surface area contributed by atoms with E-state index in [1.165, 1.54) is 75.4 Å². The molecule has 1 N–H and O–H groups in total. The van der Waals surface area contributed by atoms with Gasteiger partial charge in [-0.05, 0) is 42.6 Å². The second-order valence-electron chi connectivity index (χ2n) is 6.52. The van der Waals surface area contributed by atoms with E-state index in [1.807, 2.05) is 0 Å². The summed E-state index contributed by atoms with van der Waals surface area (Å²) in [6.45, 7) is 2.24. The van der Waals surface area contributed by atoms with Crippen LogP contribution in [0.4, 0.5) is 0 Å². The Labute approximate surface area is 141 Å². The minimum Gasteiger partial charge on any atom is -0.478 e. The first-order valence-corrected chi connectivity index (χ1v) is 10.4. The van der Waals surface area contributed by atoms with E-state index in [0.717, 1.165) is 24.7 Å². The van der Waals surface area contributed by atoms with E-state index < -0.39 is 5.97 Å². The Hall–Kier alpha value is -0.440. The van der Waals surface area contributed by atoms with Crippen molar-refractivity contribution in [1.29, 1.82) is 0 Å². The van der Waals surface area contributed by atoms with Gasteiger partial charge in [-0.1, -0.05) is 64.4 Å². The normalized spacial score (nSPS) is 21.7. The number of carboxylic acids is 1. The molecular formula is C19H34O2S. The largest absolute Gasteiger partial charge is 0.478 e. The van der Waals surface area contributed by atoms with Gasteiger partial charge in [-0.15, -0.1) is 0 Å². The summed E-state index contributed by atoms with van der Waals surface area (Å²) in [5.74, 6) is 3.70. The zero-order chi connectivity index (χ0) is 16.0. The SMILES string of the molecule is CCSCCCCC[C@H]1CCC[C@@H]1CCCCC=CC(=O)O. The number of carbonyl (C=O) groups is 1. The average Bonchev–Trinajstić information content (AvgIpc) is 2.93. The van der Waals surface area contributed by atoms with Crippen molar-refractivity contribution in [3.8, 4) is 0 Å². The number of carboxylic acid groups (broad SMARTS) is 1. The fourth-order valence-electron chi connectivity index (χ4n) is 3.66. The molecule has 0 aromatic rings. The Balaban J connectivity index is 2.03. The highest BCUT2D eigenvalue weighted by atomic mass is 32.2. The Morgan fingerprint density at radius 1 is 1.09 bits per heavy atom. The van der Waals surface area contributed by atoms with Gasteiger partial charge >= 0.3 is 5.97 Å². The van der Waals surface area contributed by atoms with Crippen LogP contribution in [0.25, 0.3) is 0 Å². The summed E-state index contributed by atoms with van der Waals surface area (Å²) in [7, 11) is 0. The summed E-state index contributed by atoms with van der Waals surface area (Å²) >= 11 is 2.07. The Kier molecular flexibility index (Phi) is 11.6. The summed E-state index contributed by atoms with van der Waals surface area (Å²) in [4.78, 5) is 10.4. The maximum absolute atomic E-state index is 10.4. The summed E-state index contributed by atoms with van der Waals surface area (Å²) in [6.07, 6.45) is 17.7. The summed E-state index contributed by atoms with van der Waals surface area (Å²) in [5.41, 5.74) is 0. The summed E-state index contributed by atoms with van der Waals surface area (Å²) < 4.78 is 0. The fourth-order valence-corrected chi connectivity index (χ4v) is 4.36. The maximum Gasteiger partial charge on any atom is 0.327 e. The zero-order valence-corrected chi connectivity index (χ0v) is 15.1. The molecule has 0 radical (unpaired) electrons. The molecule has 1 rings (SSSR count). The van der Waals surface area contributed by atoms with Crippen molar-refractivity contribution in [3.63, 3.8) is 0 Å². The molecule has 1 fully saturated rings. The molecule has 0 heterocycles. The monoisotopic (exact) mass is 326 g/mol. The number of hydrogen-bond acceptors (Lipinski definition) is 2. The van der Waals surface area contributed by atoms with Crippen molar-refractivity contribution in [3.05, 3.63) is 12.2 Å². The van der Waals surface area contributed by atoms with Gasteiger partial charge in [0.1, 0.15) is 0 Å². The fraction of sp³-hybridized carbons (Fsp3) is 0.842. The highest BCUT2D eigenvalue weighted by Gasteiger charge is 2.25. The minimum atomic E-state index is -0.826. The van der Waals surface area contributed by atoms with Crippen LogP contribution in [0.5, 0.6) is 0 Å². The molecule has 22 heavy (non-hydrogen) atoms. The van der Waals surface area contributed by atoms with Crippen molar-refractivity contribution in [2.24, 2.45) is 11.8 Å². The van der Waals surface area contributed by atoms with Crippen molar-refractivity contribution in [2.75, 3.05) is 11.5 Å². The Morgan fingerprint density at radius 3 is 2.41 bits per heavy atom. The molecule has 0 aromatic heterocycles. The number of rotatable bonds is 13. The zero-order valence-electron chi connectivity index (χ0n) is 14.3. The molecule has 0 spiro atoms. The third-order valence-corrected chi connectivity index (χ3v) is 5.83. The standard InChI is InChI=1S/C19H34O2S/c1-2-22-16-9-5-7-12-18-14-10-13-17(18)11-6-3-4-8-15-19(20)21/h8,15,17-18H,2-7,9-14,16H2,1H3,(H,20,21)/t17-,18-/m0/s1. The first-order valence-electron chi connectivity index (χ1n) is 9.21. The molecule has 1 saturated carbocycles. The quantitative estimate of drug-likeness (QED) is 0.337. The molecule has 0 aliphatic heterocycles. The predicted octanol–water partition coefficient (Wildman–Crippen LogP) is 5.92. The van der Waals surface area contributed by atoms with Gasteiger partial charge in [0.2, 0.25) is 0 Å². The lowest BCUT2D eigenvalue weighted by Crippen LogP contribution is -2.08. The Bertz CT molecular complexity index is 315. The van der Waals surface area contributed by atoms with Crippen molar-refractivity contribution >= 4 is 17.7 Å². The third-order valence-electron chi connectivity index (χ3n) is 4.84. The lowest BCUT2D eigenvalue weighted by atomic mass is 9.87. The van der Waals surface area contributed by atoms with Crippen LogP contribution in [0.15, 0.2) is 12.2 Å². The van der Waals surface area contributed by atoms with Crippen LogP contribution < -0.4 is 0 Å². The van der Waals surface area contributed by atoms with Crippen molar-refractivity contribution in [2.45, 2.75) is 77.6 Å². The van der Waals surface area contributed by atoms with E-state index in [4.69, 9.17) is 5.11 Å². The average molecular weight is 327 g/mol. The predicted molar refractivity (Wildman–Crippen MR) is 97.5 cm³/mol. The van der Waals surface area contributed by atoms with Gasteiger partial charge in [0, 0.05) is 6.08 Å². The van der Waals surface area contributed by atoms with E-state index in [9.17, 15) is 4.79 Å². The molecule has 3 heteroatoms. The van der Waals surface area contributed by atoms with Gasteiger partial charge in [-0.2, -0.15) is 11.8 Å². The summed E-state index contributed by atoms with van der Waals surface area (Å²) in [6, 6.07) is 0. The van der Waals surface area contributed by atoms with Gasteiger partial charge in [0.15, 0.2) is 0 Å². The maximum atomic E-state index is 10.4. The first kappa shape index (κ1) is 19.6. The van der Waals surface area contributed by atoms with E-state index in [2.05, 4.69) is 18.7 Å². The lowest BCUT2D eigenvalue weighted by Gasteiger charge is -2.19. The molecule has 1 aliphatic rings. The smallest absolute Gasteiger partial charge is 0.327 e. The molecule has 0 aromatic carbocycles. The van der Waals surface area contributed by atoms with Crippen LogP contribution in [0.2, 0.25) is 0 Å². The number of allylic oxidation sites excluding steroid dienone is 1. The molecule has 0 saturated heterocycles. The molecule has 0 unspecified atom stereocenters. The van der Waals surface area contributed by atoms with Crippen molar-refractivity contribution in [1.82, 2.24) is 0 Å². The molecule has 0 bridgehead atoms. The van der Waals surface area contributed by atoms with E-state index in [1.54, 1.807) is 6.08 Å². The number of unbranched alkanes of at least 4 members (excludes halogenated alkanes) is 4. The number of aliphatic carboxylic acids is 1. The first-order chi connectivity index (χ1) is 10.7. The third kappa shape index (κ3) is 9.55. The minimum absolute atomic E-state index is 0.826.